The Balaban J connectivity index is 2.63. The quantitative estimate of drug-likeness (QED) is 0.636. The Morgan fingerprint density at radius 3 is 2.85 bits per heavy atom. The van der Waals surface area contributed by atoms with Gasteiger partial charge in [0, 0.05) is 12.0 Å². The number of allylic oxidation sites excluding steroid dienone is 1. The molecule has 0 aliphatic heterocycles. The molecule has 1 heteroatoms. The predicted molar refractivity (Wildman–Crippen MR) is 53.8 cm³/mol. The van der Waals surface area contributed by atoms with Gasteiger partial charge in [-0.1, -0.05) is 30.4 Å². The van der Waals surface area contributed by atoms with Crippen molar-refractivity contribution in [3.05, 3.63) is 41.5 Å². The number of benzene rings is 1. The fourth-order valence-corrected chi connectivity index (χ4v) is 1.89. The lowest BCUT2D eigenvalue weighted by atomic mass is 9.99. The lowest BCUT2D eigenvalue weighted by molar-refractivity contribution is 0.0994. The zero-order valence-corrected chi connectivity index (χ0v) is 7.76. The number of carbonyl (C=O) groups is 1. The van der Waals surface area contributed by atoms with Gasteiger partial charge in [-0.2, -0.15) is 0 Å². The number of Topliss-reactive ketones (excluding diaryl/α,β-unsaturated/α-hetero) is 1. The van der Waals surface area contributed by atoms with E-state index in [0.29, 0.717) is 6.42 Å². The molecule has 66 valence electrons. The smallest absolute Gasteiger partial charge is 0.163 e. The SMILES string of the molecule is C=C(C)c1cccc2c1CCC2=O. The Bertz CT molecular complexity index is 388. The summed E-state index contributed by atoms with van der Waals surface area (Å²) in [6.07, 6.45) is 1.55. The maximum Gasteiger partial charge on any atom is 0.163 e. The van der Waals surface area contributed by atoms with Gasteiger partial charge in [-0.25, -0.2) is 0 Å². The minimum absolute atomic E-state index is 0.276. The highest BCUT2D eigenvalue weighted by atomic mass is 16.1. The predicted octanol–water partition coefficient (Wildman–Crippen LogP) is 2.85. The summed E-state index contributed by atoms with van der Waals surface area (Å²) in [5.74, 6) is 0.276. The molecule has 0 spiro atoms. The van der Waals surface area contributed by atoms with Crippen molar-refractivity contribution in [1.29, 1.82) is 0 Å². The second-order valence-corrected chi connectivity index (χ2v) is 3.54. The van der Waals surface area contributed by atoms with Gasteiger partial charge < -0.3 is 0 Å². The van der Waals surface area contributed by atoms with E-state index in [1.807, 2.05) is 25.1 Å². The molecule has 0 amide bonds. The number of carbonyl (C=O) groups excluding carboxylic acids is 1. The first-order valence-electron chi connectivity index (χ1n) is 4.51. The summed E-state index contributed by atoms with van der Waals surface area (Å²) in [5, 5.41) is 0. The molecule has 0 heterocycles. The number of ketones is 1. The van der Waals surface area contributed by atoms with Gasteiger partial charge >= 0.3 is 0 Å². The van der Waals surface area contributed by atoms with Crippen LogP contribution in [0.25, 0.3) is 5.57 Å². The standard InChI is InChI=1S/C12H12O/c1-8(2)9-4-3-5-11-10(9)6-7-12(11)13/h3-5H,1,6-7H2,2H3. The number of fused-ring (bicyclic) bond motifs is 1. The molecule has 0 fully saturated rings. The lowest BCUT2D eigenvalue weighted by Crippen LogP contribution is -1.92. The number of hydrogen-bond acceptors (Lipinski definition) is 1. The fraction of sp³-hybridized carbons (Fsp3) is 0.250. The molecule has 0 bridgehead atoms. The van der Waals surface area contributed by atoms with E-state index in [2.05, 4.69) is 6.58 Å². The van der Waals surface area contributed by atoms with Crippen LogP contribution >= 0.6 is 0 Å². The maximum absolute atomic E-state index is 11.4. The van der Waals surface area contributed by atoms with Crippen LogP contribution in [-0.2, 0) is 6.42 Å². The van der Waals surface area contributed by atoms with Crippen LogP contribution in [0.15, 0.2) is 24.8 Å². The summed E-state index contributed by atoms with van der Waals surface area (Å²) < 4.78 is 0. The fourth-order valence-electron chi connectivity index (χ4n) is 1.89. The van der Waals surface area contributed by atoms with Gasteiger partial charge in [0.1, 0.15) is 0 Å². The van der Waals surface area contributed by atoms with Crippen LogP contribution in [0, 0.1) is 0 Å². The summed E-state index contributed by atoms with van der Waals surface area (Å²) >= 11 is 0. The van der Waals surface area contributed by atoms with Crippen molar-refractivity contribution in [2.75, 3.05) is 0 Å². The molecule has 0 atom stereocenters. The van der Waals surface area contributed by atoms with Crippen molar-refractivity contribution < 1.29 is 4.79 Å². The molecule has 13 heavy (non-hydrogen) atoms. The molecule has 1 nitrogen and oxygen atoms in total. The largest absolute Gasteiger partial charge is 0.294 e. The minimum atomic E-state index is 0.276. The van der Waals surface area contributed by atoms with E-state index in [9.17, 15) is 4.79 Å². The summed E-state index contributed by atoms with van der Waals surface area (Å²) in [6, 6.07) is 5.89. The van der Waals surface area contributed by atoms with Crippen molar-refractivity contribution in [2.24, 2.45) is 0 Å². The van der Waals surface area contributed by atoms with Crippen molar-refractivity contribution >= 4 is 11.4 Å². The van der Waals surface area contributed by atoms with Crippen LogP contribution in [0.1, 0.15) is 34.8 Å². The van der Waals surface area contributed by atoms with Crippen LogP contribution in [0.3, 0.4) is 0 Å². The third-order valence-electron chi connectivity index (χ3n) is 2.54. The second kappa shape index (κ2) is 2.84. The van der Waals surface area contributed by atoms with Crippen LogP contribution in [0.5, 0.6) is 0 Å². The van der Waals surface area contributed by atoms with Gasteiger partial charge in [-0.3, -0.25) is 4.79 Å². The maximum atomic E-state index is 11.4. The molecule has 1 aromatic rings. The van der Waals surface area contributed by atoms with Crippen molar-refractivity contribution in [3.63, 3.8) is 0 Å². The lowest BCUT2D eigenvalue weighted by Gasteiger charge is -2.05. The first-order valence-corrected chi connectivity index (χ1v) is 4.51. The molecule has 1 aromatic carbocycles. The minimum Gasteiger partial charge on any atom is -0.294 e. The molecule has 0 N–H and O–H groups in total. The second-order valence-electron chi connectivity index (χ2n) is 3.54. The summed E-state index contributed by atoms with van der Waals surface area (Å²) in [6.45, 7) is 5.90. The Morgan fingerprint density at radius 1 is 1.38 bits per heavy atom. The van der Waals surface area contributed by atoms with Crippen LogP contribution in [-0.4, -0.2) is 5.78 Å². The van der Waals surface area contributed by atoms with E-state index < -0.39 is 0 Å². The van der Waals surface area contributed by atoms with Gasteiger partial charge in [0.2, 0.25) is 0 Å². The molecule has 0 radical (unpaired) electrons. The van der Waals surface area contributed by atoms with E-state index in [1.54, 1.807) is 0 Å². The average molecular weight is 172 g/mol. The topological polar surface area (TPSA) is 17.1 Å². The van der Waals surface area contributed by atoms with Gasteiger partial charge in [-0.15, -0.1) is 0 Å². The number of hydrogen-bond donors (Lipinski definition) is 0. The van der Waals surface area contributed by atoms with Gasteiger partial charge in [0.25, 0.3) is 0 Å². The average Bonchev–Trinajstić information content (AvgIpc) is 2.48. The molecular weight excluding hydrogens is 160 g/mol. The molecule has 0 saturated carbocycles. The molecule has 0 aromatic heterocycles. The molecular formula is C12H12O. The summed E-state index contributed by atoms with van der Waals surface area (Å²) in [7, 11) is 0. The van der Waals surface area contributed by atoms with E-state index in [4.69, 9.17) is 0 Å². The van der Waals surface area contributed by atoms with E-state index in [0.717, 1.165) is 23.1 Å². The van der Waals surface area contributed by atoms with E-state index >= 15 is 0 Å². The van der Waals surface area contributed by atoms with Gasteiger partial charge in [0.05, 0.1) is 0 Å². The Labute approximate surface area is 78.1 Å². The summed E-state index contributed by atoms with van der Waals surface area (Å²) in [4.78, 5) is 11.4. The Morgan fingerprint density at radius 2 is 2.15 bits per heavy atom. The van der Waals surface area contributed by atoms with Crippen LogP contribution in [0.4, 0.5) is 0 Å². The first kappa shape index (κ1) is 8.24. The highest BCUT2D eigenvalue weighted by Crippen LogP contribution is 2.28. The first-order chi connectivity index (χ1) is 6.20. The normalized spacial score (nSPS) is 14.4. The van der Waals surface area contributed by atoms with Crippen LogP contribution in [0.2, 0.25) is 0 Å². The van der Waals surface area contributed by atoms with Gasteiger partial charge in [0.15, 0.2) is 5.78 Å². The third-order valence-corrected chi connectivity index (χ3v) is 2.54. The zero-order valence-electron chi connectivity index (χ0n) is 7.76. The Kier molecular flexibility index (Phi) is 1.80. The highest BCUT2D eigenvalue weighted by Gasteiger charge is 2.21. The molecule has 2 rings (SSSR count). The van der Waals surface area contributed by atoms with Crippen molar-refractivity contribution in [3.8, 4) is 0 Å². The van der Waals surface area contributed by atoms with Gasteiger partial charge in [-0.05, 0) is 24.5 Å². The Hall–Kier alpha value is -1.37. The highest BCUT2D eigenvalue weighted by molar-refractivity contribution is 6.01. The van der Waals surface area contributed by atoms with Crippen LogP contribution < -0.4 is 0 Å². The molecule has 0 saturated heterocycles. The number of rotatable bonds is 1. The molecule has 0 unspecified atom stereocenters. The monoisotopic (exact) mass is 172 g/mol. The third kappa shape index (κ3) is 1.21. The molecule has 1 aliphatic rings. The van der Waals surface area contributed by atoms with Crippen molar-refractivity contribution in [1.82, 2.24) is 0 Å². The van der Waals surface area contributed by atoms with E-state index in [1.165, 1.54) is 5.56 Å². The van der Waals surface area contributed by atoms with E-state index in [-0.39, 0.29) is 5.78 Å². The van der Waals surface area contributed by atoms with Crippen molar-refractivity contribution in [2.45, 2.75) is 19.8 Å². The molecule has 1 aliphatic carbocycles. The summed E-state index contributed by atoms with van der Waals surface area (Å²) in [5.41, 5.74) is 4.30. The zero-order chi connectivity index (χ0) is 9.42.